The summed E-state index contributed by atoms with van der Waals surface area (Å²) in [6.07, 6.45) is 0. The van der Waals surface area contributed by atoms with Crippen molar-refractivity contribution < 1.29 is 22.3 Å². The Labute approximate surface area is 151 Å². The normalized spacial score (nSPS) is 16.7. The minimum atomic E-state index is -3.83. The zero-order valence-electron chi connectivity index (χ0n) is 14.5. The molecule has 0 unspecified atom stereocenters. The summed E-state index contributed by atoms with van der Waals surface area (Å²) in [5.41, 5.74) is 0.855. The van der Waals surface area contributed by atoms with Gasteiger partial charge in [-0.05, 0) is 68.3 Å². The van der Waals surface area contributed by atoms with Crippen molar-refractivity contribution >= 4 is 27.1 Å². The first-order valence-corrected chi connectivity index (χ1v) is 9.43. The van der Waals surface area contributed by atoms with Crippen LogP contribution >= 0.6 is 0 Å². The molecule has 0 bridgehead atoms. The van der Waals surface area contributed by atoms with Gasteiger partial charge in [-0.3, -0.25) is 4.79 Å². The first-order valence-electron chi connectivity index (χ1n) is 7.88. The average Bonchev–Trinajstić information content (AvgIpc) is 2.79. The van der Waals surface area contributed by atoms with Crippen LogP contribution in [0, 0.1) is 12.7 Å². The van der Waals surface area contributed by atoms with Crippen molar-refractivity contribution in [2.45, 2.75) is 31.3 Å². The number of nitrogens with two attached hydrogens (primary N) is 1. The Bertz CT molecular complexity index is 1040. The van der Waals surface area contributed by atoms with E-state index in [4.69, 9.17) is 9.88 Å². The van der Waals surface area contributed by atoms with Crippen molar-refractivity contribution in [1.82, 2.24) is 0 Å². The third-order valence-electron chi connectivity index (χ3n) is 4.27. The van der Waals surface area contributed by atoms with Gasteiger partial charge in [-0.25, -0.2) is 17.9 Å². The number of sulfonamides is 1. The van der Waals surface area contributed by atoms with Gasteiger partial charge in [0.1, 0.15) is 11.6 Å². The van der Waals surface area contributed by atoms with Gasteiger partial charge in [0.25, 0.3) is 0 Å². The molecule has 0 spiro atoms. The molecule has 7 heteroatoms. The second-order valence-electron chi connectivity index (χ2n) is 6.67. The molecule has 26 heavy (non-hydrogen) atoms. The van der Waals surface area contributed by atoms with Gasteiger partial charge in [-0.1, -0.05) is 6.07 Å². The first kappa shape index (κ1) is 18.3. The van der Waals surface area contributed by atoms with Crippen LogP contribution in [0.4, 0.5) is 4.39 Å². The molecular formula is C19H18FNO4S. The number of halogens is 1. The Morgan fingerprint density at radius 3 is 2.27 bits per heavy atom. The second kappa shape index (κ2) is 6.03. The number of aryl methyl sites for hydroxylation is 1. The lowest BCUT2D eigenvalue weighted by atomic mass is 9.90. The van der Waals surface area contributed by atoms with E-state index in [2.05, 4.69) is 0 Å². The highest BCUT2D eigenvalue weighted by atomic mass is 32.2. The number of hydrogen-bond donors (Lipinski definition) is 1. The fourth-order valence-electron chi connectivity index (χ4n) is 2.86. The Morgan fingerprint density at radius 2 is 1.69 bits per heavy atom. The van der Waals surface area contributed by atoms with Crippen molar-refractivity contribution in [3.05, 3.63) is 65.0 Å². The molecule has 2 aromatic rings. The lowest BCUT2D eigenvalue weighted by molar-refractivity contribution is -0.125. The fraction of sp³-hybridized carbons (Fsp3) is 0.211. The summed E-state index contributed by atoms with van der Waals surface area (Å²) < 4.78 is 42.5. The quantitative estimate of drug-likeness (QED) is 0.893. The summed E-state index contributed by atoms with van der Waals surface area (Å²) in [5.74, 6) is -0.439. The molecule has 0 amide bonds. The van der Waals surface area contributed by atoms with Crippen LogP contribution in [0.25, 0.3) is 11.3 Å². The van der Waals surface area contributed by atoms with Crippen LogP contribution in [0.1, 0.15) is 30.5 Å². The van der Waals surface area contributed by atoms with E-state index >= 15 is 0 Å². The number of benzene rings is 2. The summed E-state index contributed by atoms with van der Waals surface area (Å²) in [7, 11) is -3.83. The molecule has 5 nitrogen and oxygen atoms in total. The number of ether oxygens (including phenoxy) is 1. The van der Waals surface area contributed by atoms with Crippen molar-refractivity contribution in [2.75, 3.05) is 0 Å². The number of carbonyl (C=O) groups is 1. The molecule has 0 atom stereocenters. The highest BCUT2D eigenvalue weighted by Crippen LogP contribution is 2.42. The average molecular weight is 375 g/mol. The molecular weight excluding hydrogens is 357 g/mol. The highest BCUT2D eigenvalue weighted by molar-refractivity contribution is 7.89. The Hall–Kier alpha value is -2.51. The smallest absolute Gasteiger partial charge is 0.238 e. The van der Waals surface area contributed by atoms with Gasteiger partial charge in [0, 0.05) is 5.56 Å². The van der Waals surface area contributed by atoms with Gasteiger partial charge in [0.15, 0.2) is 5.60 Å². The van der Waals surface area contributed by atoms with Gasteiger partial charge in [-0.2, -0.15) is 0 Å². The van der Waals surface area contributed by atoms with Crippen molar-refractivity contribution in [3.8, 4) is 0 Å². The number of primary sulfonamides is 1. The number of carbonyl (C=O) groups excluding carboxylic acids is 1. The Kier molecular flexibility index (Phi) is 4.24. The molecule has 1 aliphatic rings. The molecule has 3 rings (SSSR count). The van der Waals surface area contributed by atoms with Crippen LogP contribution < -0.4 is 5.14 Å². The van der Waals surface area contributed by atoms with E-state index < -0.39 is 21.4 Å². The lowest BCUT2D eigenvalue weighted by Crippen LogP contribution is -2.29. The molecule has 0 saturated carbocycles. The second-order valence-corrected chi connectivity index (χ2v) is 8.24. The lowest BCUT2D eigenvalue weighted by Gasteiger charge is -2.18. The maximum Gasteiger partial charge on any atom is 0.238 e. The van der Waals surface area contributed by atoms with Gasteiger partial charge < -0.3 is 4.74 Å². The van der Waals surface area contributed by atoms with E-state index in [1.54, 1.807) is 26.8 Å². The first-order chi connectivity index (χ1) is 12.0. The summed E-state index contributed by atoms with van der Waals surface area (Å²) >= 11 is 0. The molecule has 136 valence electrons. The third kappa shape index (κ3) is 3.15. The Morgan fingerprint density at radius 1 is 1.08 bits per heavy atom. The van der Waals surface area contributed by atoms with Gasteiger partial charge >= 0.3 is 0 Å². The summed E-state index contributed by atoms with van der Waals surface area (Å²) in [6, 6.07) is 9.92. The molecule has 0 saturated heterocycles. The minimum absolute atomic E-state index is 0.0473. The highest BCUT2D eigenvalue weighted by Gasteiger charge is 2.43. The molecule has 0 aliphatic carbocycles. The van der Waals surface area contributed by atoms with Crippen molar-refractivity contribution in [1.29, 1.82) is 0 Å². The van der Waals surface area contributed by atoms with Crippen molar-refractivity contribution in [2.24, 2.45) is 5.14 Å². The van der Waals surface area contributed by atoms with Gasteiger partial charge in [0.05, 0.1) is 10.5 Å². The summed E-state index contributed by atoms with van der Waals surface area (Å²) in [5, 5.41) is 5.11. The molecule has 0 fully saturated rings. The van der Waals surface area contributed by atoms with Crippen molar-refractivity contribution in [3.63, 3.8) is 0 Å². The number of Topliss-reactive ketones (excluding diaryl/α,β-unsaturated/α-hetero) is 1. The maximum atomic E-state index is 13.8. The van der Waals surface area contributed by atoms with Crippen LogP contribution in [0.5, 0.6) is 0 Å². The predicted molar refractivity (Wildman–Crippen MR) is 95.9 cm³/mol. The monoisotopic (exact) mass is 375 g/mol. The van der Waals surface area contributed by atoms with Crippen LogP contribution in [-0.4, -0.2) is 19.8 Å². The predicted octanol–water partition coefficient (Wildman–Crippen LogP) is 3.03. The fourth-order valence-corrected chi connectivity index (χ4v) is 3.38. The summed E-state index contributed by atoms with van der Waals surface area (Å²) in [4.78, 5) is 12.8. The van der Waals surface area contributed by atoms with Gasteiger partial charge in [-0.15, -0.1) is 0 Å². The van der Waals surface area contributed by atoms with Crippen LogP contribution in [-0.2, 0) is 19.6 Å². The number of rotatable bonds is 3. The molecule has 1 heterocycles. The molecule has 0 radical (unpaired) electrons. The largest absolute Gasteiger partial charge is 0.478 e. The number of ketones is 1. The van der Waals surface area contributed by atoms with E-state index in [1.165, 1.54) is 36.4 Å². The van der Waals surface area contributed by atoms with Crippen LogP contribution in [0.15, 0.2) is 47.4 Å². The van der Waals surface area contributed by atoms with Crippen LogP contribution in [0.2, 0.25) is 0 Å². The van der Waals surface area contributed by atoms with E-state index in [0.29, 0.717) is 11.1 Å². The standard InChI is InChI=1S/C19H18FNO4S/c1-11-4-7-13(20)10-15(11)16-17(25-19(2,3)18(16)22)12-5-8-14(9-6-12)26(21,23)24/h4-10H,1-3H3,(H2,21,23,24). The van der Waals surface area contributed by atoms with Gasteiger partial charge in [0.2, 0.25) is 15.8 Å². The molecule has 1 aliphatic heterocycles. The molecule has 2 aromatic carbocycles. The Balaban J connectivity index is 2.22. The zero-order chi connectivity index (χ0) is 19.3. The maximum absolute atomic E-state index is 13.8. The third-order valence-corrected chi connectivity index (χ3v) is 5.20. The summed E-state index contributed by atoms with van der Waals surface area (Å²) in [6.45, 7) is 5.05. The number of hydrogen-bond acceptors (Lipinski definition) is 4. The molecule has 2 N–H and O–H groups in total. The zero-order valence-corrected chi connectivity index (χ0v) is 15.4. The van der Waals surface area contributed by atoms with E-state index in [1.807, 2.05) is 0 Å². The van der Waals surface area contributed by atoms with Crippen LogP contribution in [0.3, 0.4) is 0 Å². The van der Waals surface area contributed by atoms with E-state index in [-0.39, 0.29) is 22.0 Å². The minimum Gasteiger partial charge on any atom is -0.478 e. The van der Waals surface area contributed by atoms with E-state index in [9.17, 15) is 17.6 Å². The topological polar surface area (TPSA) is 86.5 Å². The molecule has 0 aromatic heterocycles. The SMILES string of the molecule is Cc1ccc(F)cc1C1=C(c2ccc(S(N)(=O)=O)cc2)OC(C)(C)C1=O. The van der Waals surface area contributed by atoms with E-state index in [0.717, 1.165) is 5.56 Å².